The molecule has 0 spiro atoms. The second-order valence-electron chi connectivity index (χ2n) is 4.96. The summed E-state index contributed by atoms with van der Waals surface area (Å²) in [5, 5.41) is 11.6. The molecular weight excluding hydrogens is 302 g/mol. The lowest BCUT2D eigenvalue weighted by atomic mass is 10.1. The Labute approximate surface area is 133 Å². The van der Waals surface area contributed by atoms with Gasteiger partial charge in [0.1, 0.15) is 11.8 Å². The summed E-state index contributed by atoms with van der Waals surface area (Å²) in [7, 11) is 0. The van der Waals surface area contributed by atoms with Crippen LogP contribution in [0.15, 0.2) is 24.3 Å². The van der Waals surface area contributed by atoms with Gasteiger partial charge in [0.25, 0.3) is 0 Å². The molecule has 0 aliphatic carbocycles. The van der Waals surface area contributed by atoms with Gasteiger partial charge < -0.3 is 26.6 Å². The molecule has 1 rings (SSSR count). The van der Waals surface area contributed by atoms with Gasteiger partial charge in [-0.05, 0) is 31.0 Å². The minimum absolute atomic E-state index is 0.107. The van der Waals surface area contributed by atoms with E-state index in [0.717, 1.165) is 5.56 Å². The van der Waals surface area contributed by atoms with E-state index in [4.69, 9.17) is 16.2 Å². The first-order valence-corrected chi connectivity index (χ1v) is 7.12. The van der Waals surface area contributed by atoms with Crippen LogP contribution in [-0.4, -0.2) is 41.6 Å². The van der Waals surface area contributed by atoms with Crippen molar-refractivity contribution >= 4 is 17.8 Å². The molecule has 2 atom stereocenters. The zero-order valence-electron chi connectivity index (χ0n) is 12.8. The third-order valence-electron chi connectivity index (χ3n) is 3.02. The Balaban J connectivity index is 2.67. The number of nitrogens with one attached hydrogen (secondary N) is 1. The first-order valence-electron chi connectivity index (χ1n) is 7.12. The number of hydrogen-bond acceptors (Lipinski definition) is 6. The van der Waals surface area contributed by atoms with Gasteiger partial charge >= 0.3 is 5.97 Å². The van der Waals surface area contributed by atoms with E-state index < -0.39 is 29.9 Å². The van der Waals surface area contributed by atoms with Crippen molar-refractivity contribution in [2.24, 2.45) is 11.5 Å². The summed E-state index contributed by atoms with van der Waals surface area (Å²) in [6.07, 6.45) is -0.158. The number of ether oxygens (including phenoxy) is 1. The van der Waals surface area contributed by atoms with E-state index in [1.165, 1.54) is 12.1 Å². The predicted octanol–water partition coefficient (Wildman–Crippen LogP) is -0.815. The average Bonchev–Trinajstić information content (AvgIpc) is 2.48. The average molecular weight is 323 g/mol. The molecule has 0 heterocycles. The van der Waals surface area contributed by atoms with Gasteiger partial charge in [-0.2, -0.15) is 0 Å². The summed E-state index contributed by atoms with van der Waals surface area (Å²) in [6, 6.07) is 4.14. The number of nitrogens with two attached hydrogens (primary N) is 2. The fraction of sp³-hybridized carbons (Fsp3) is 0.400. The molecule has 1 aromatic rings. The molecule has 0 saturated heterocycles. The topological polar surface area (TPSA) is 145 Å². The minimum atomic E-state index is -1.16. The van der Waals surface area contributed by atoms with E-state index in [1.807, 2.05) is 0 Å². The highest BCUT2D eigenvalue weighted by atomic mass is 16.5. The number of rotatable bonds is 8. The molecule has 0 unspecified atom stereocenters. The predicted molar refractivity (Wildman–Crippen MR) is 82.2 cm³/mol. The van der Waals surface area contributed by atoms with Crippen LogP contribution in [-0.2, 0) is 25.5 Å². The molecule has 0 aromatic heterocycles. The molecule has 23 heavy (non-hydrogen) atoms. The van der Waals surface area contributed by atoms with E-state index >= 15 is 0 Å². The van der Waals surface area contributed by atoms with E-state index in [2.05, 4.69) is 5.32 Å². The van der Waals surface area contributed by atoms with Crippen LogP contribution in [0.2, 0.25) is 0 Å². The highest BCUT2D eigenvalue weighted by Gasteiger charge is 2.26. The van der Waals surface area contributed by atoms with Crippen LogP contribution in [0.5, 0.6) is 5.75 Å². The number of phenolic OH excluding ortho intramolecular Hbond substituents is 1. The van der Waals surface area contributed by atoms with Gasteiger partial charge in [0, 0.05) is 0 Å². The van der Waals surface area contributed by atoms with Gasteiger partial charge in [-0.15, -0.1) is 0 Å². The molecule has 0 aliphatic rings. The Kier molecular flexibility index (Phi) is 7.01. The Bertz CT molecular complexity index is 559. The summed E-state index contributed by atoms with van der Waals surface area (Å²) >= 11 is 0. The zero-order chi connectivity index (χ0) is 17.4. The number of benzene rings is 1. The Hall–Kier alpha value is -2.61. The van der Waals surface area contributed by atoms with Crippen LogP contribution < -0.4 is 16.8 Å². The van der Waals surface area contributed by atoms with Crippen molar-refractivity contribution in [2.45, 2.75) is 31.8 Å². The lowest BCUT2D eigenvalue weighted by Crippen LogP contribution is -2.50. The molecule has 8 heteroatoms. The maximum Gasteiger partial charge on any atom is 0.329 e. The molecule has 1 aromatic carbocycles. The van der Waals surface area contributed by atoms with Crippen molar-refractivity contribution in [3.05, 3.63) is 29.8 Å². The molecule has 0 radical (unpaired) electrons. The standard InChI is InChI=1S/C15H21N3O5/c1-2-23-15(22)12(8-13(17)20)18-14(21)11(16)7-9-3-5-10(19)6-4-9/h3-6,11-12,19H,2,7-8,16H2,1H3,(H2,17,20)(H,18,21)/t11-,12-/m0/s1. The van der Waals surface area contributed by atoms with Gasteiger partial charge in [-0.25, -0.2) is 4.79 Å². The molecule has 126 valence electrons. The Morgan fingerprint density at radius 1 is 1.26 bits per heavy atom. The summed E-state index contributed by atoms with van der Waals surface area (Å²) < 4.78 is 4.79. The van der Waals surface area contributed by atoms with Gasteiger partial charge in [-0.1, -0.05) is 12.1 Å². The largest absolute Gasteiger partial charge is 0.508 e. The molecule has 0 fully saturated rings. The van der Waals surface area contributed by atoms with Crippen molar-refractivity contribution in [2.75, 3.05) is 6.61 Å². The molecule has 0 aliphatic heterocycles. The number of aromatic hydroxyl groups is 1. The number of phenols is 1. The first kappa shape index (κ1) is 18.4. The van der Waals surface area contributed by atoms with Gasteiger partial charge in [0.05, 0.1) is 19.1 Å². The van der Waals surface area contributed by atoms with Gasteiger partial charge in [0.15, 0.2) is 0 Å². The van der Waals surface area contributed by atoms with E-state index in [0.29, 0.717) is 0 Å². The first-order chi connectivity index (χ1) is 10.8. The van der Waals surface area contributed by atoms with E-state index in [-0.39, 0.29) is 25.2 Å². The van der Waals surface area contributed by atoms with Crippen LogP contribution in [0.25, 0.3) is 0 Å². The summed E-state index contributed by atoms with van der Waals surface area (Å²) in [4.78, 5) is 34.8. The molecular formula is C15H21N3O5. The normalized spacial score (nSPS) is 13.0. The van der Waals surface area contributed by atoms with Crippen LogP contribution in [0.3, 0.4) is 0 Å². The maximum atomic E-state index is 12.1. The number of primary amides is 1. The number of hydrogen-bond donors (Lipinski definition) is 4. The zero-order valence-corrected chi connectivity index (χ0v) is 12.8. The molecule has 0 saturated carbocycles. The summed E-state index contributed by atoms with van der Waals surface area (Å²) in [5.74, 6) is -1.97. The minimum Gasteiger partial charge on any atom is -0.508 e. The number of carbonyl (C=O) groups excluding carboxylic acids is 3. The van der Waals surface area contributed by atoms with Crippen molar-refractivity contribution in [3.63, 3.8) is 0 Å². The van der Waals surface area contributed by atoms with Crippen LogP contribution in [0.1, 0.15) is 18.9 Å². The maximum absolute atomic E-state index is 12.1. The SMILES string of the molecule is CCOC(=O)[C@H](CC(N)=O)NC(=O)[C@@H](N)Cc1ccc(O)cc1. The van der Waals surface area contributed by atoms with Crippen LogP contribution >= 0.6 is 0 Å². The Morgan fingerprint density at radius 3 is 2.39 bits per heavy atom. The summed E-state index contributed by atoms with van der Waals surface area (Å²) in [5.41, 5.74) is 11.6. The molecule has 2 amide bonds. The van der Waals surface area contributed by atoms with E-state index in [9.17, 15) is 19.5 Å². The molecule has 6 N–H and O–H groups in total. The highest BCUT2D eigenvalue weighted by molar-refractivity contribution is 5.90. The fourth-order valence-electron chi connectivity index (χ4n) is 1.89. The van der Waals surface area contributed by atoms with Crippen LogP contribution in [0, 0.1) is 0 Å². The van der Waals surface area contributed by atoms with Crippen LogP contribution in [0.4, 0.5) is 0 Å². The fourth-order valence-corrected chi connectivity index (χ4v) is 1.89. The Morgan fingerprint density at radius 2 is 1.87 bits per heavy atom. The van der Waals surface area contributed by atoms with E-state index in [1.54, 1.807) is 19.1 Å². The second-order valence-corrected chi connectivity index (χ2v) is 4.96. The van der Waals surface area contributed by atoms with Crippen molar-refractivity contribution in [1.29, 1.82) is 0 Å². The monoisotopic (exact) mass is 323 g/mol. The quantitative estimate of drug-likeness (QED) is 0.460. The van der Waals surface area contributed by atoms with Crippen molar-refractivity contribution < 1.29 is 24.2 Å². The summed E-state index contributed by atoms with van der Waals surface area (Å²) in [6.45, 7) is 1.72. The molecule has 8 nitrogen and oxygen atoms in total. The third-order valence-corrected chi connectivity index (χ3v) is 3.02. The second kappa shape index (κ2) is 8.74. The van der Waals surface area contributed by atoms with Gasteiger partial charge in [0.2, 0.25) is 11.8 Å². The number of amides is 2. The smallest absolute Gasteiger partial charge is 0.329 e. The lowest BCUT2D eigenvalue weighted by Gasteiger charge is -2.18. The molecule has 0 bridgehead atoms. The highest BCUT2D eigenvalue weighted by Crippen LogP contribution is 2.11. The van der Waals surface area contributed by atoms with Crippen molar-refractivity contribution in [1.82, 2.24) is 5.32 Å². The van der Waals surface area contributed by atoms with Gasteiger partial charge in [-0.3, -0.25) is 9.59 Å². The number of esters is 1. The lowest BCUT2D eigenvalue weighted by molar-refractivity contribution is -0.148. The van der Waals surface area contributed by atoms with Crippen molar-refractivity contribution in [3.8, 4) is 5.75 Å². The number of carbonyl (C=O) groups is 3. The third kappa shape index (κ3) is 6.35.